The number of pyridine rings is 2. The molecule has 2 amide bonds. The highest BCUT2D eigenvalue weighted by Crippen LogP contribution is 2.35. The van der Waals surface area contributed by atoms with Gasteiger partial charge < -0.3 is 19.9 Å². The first-order chi connectivity index (χ1) is 31.3. The van der Waals surface area contributed by atoms with Crippen LogP contribution in [-0.4, -0.2) is 109 Å². The lowest BCUT2D eigenvalue weighted by Crippen LogP contribution is -2.51. The van der Waals surface area contributed by atoms with Crippen molar-refractivity contribution in [1.29, 1.82) is 5.26 Å². The summed E-state index contributed by atoms with van der Waals surface area (Å²) in [4.78, 5) is 44.3. The predicted molar refractivity (Wildman–Crippen MR) is 233 cm³/mol. The average Bonchev–Trinajstić information content (AvgIpc) is 4.11. The molecule has 0 bridgehead atoms. The summed E-state index contributed by atoms with van der Waals surface area (Å²) in [6.07, 6.45) is 16.1. The molecule has 10 rings (SSSR count). The number of amides is 2. The Kier molecular flexibility index (Phi) is 11.4. The third-order valence-corrected chi connectivity index (χ3v) is 13.0. The molecule has 328 valence electrons. The molecule has 16 nitrogen and oxygen atoms in total. The van der Waals surface area contributed by atoms with Gasteiger partial charge in [-0.3, -0.25) is 29.5 Å². The van der Waals surface area contributed by atoms with Crippen molar-refractivity contribution in [3.05, 3.63) is 103 Å². The number of hydrogen-bond donors (Lipinski definition) is 2. The van der Waals surface area contributed by atoms with Gasteiger partial charge in [0.25, 0.3) is 0 Å². The van der Waals surface area contributed by atoms with Crippen LogP contribution in [0.4, 0.5) is 26.0 Å². The quantitative estimate of drug-likeness (QED) is 0.156. The SMILES string of the molecule is N#Cc1cnn2cc(-c3cnn(C4CCC(N5CCN(c6c(F)cc(NC7CCC(=O)NC7=O)cc6F)CC5)CC4)c3)nc(-c3ccc(N4CCC(OCc5ccccn5)C4)nc3)c12. The predicted octanol–water partition coefficient (Wildman–Crippen LogP) is 5.52. The standard InChI is InChI=1S/C46H47F2N13O3/c47-37-19-33(54-39-9-11-42(62)56-46(39)63)20-38(48)45(37)58-17-15-57(16-18-58)34-5-7-35(8-6-34)60-25-31(24-52-60)40-27-61-44(30(21-49)23-53-61)43(55-40)29-4-10-41(51-22-29)59-14-12-36(26-59)64-28-32-3-1-2-13-50-32/h1-4,10,13,19-20,22-25,27,34-36,39,54H,5-9,11-12,14-18,26,28H2,(H,56,62,63). The van der Waals surface area contributed by atoms with Crippen LogP contribution in [0.3, 0.4) is 0 Å². The molecule has 2 unspecified atom stereocenters. The average molecular weight is 868 g/mol. The largest absolute Gasteiger partial charge is 0.373 e. The molecule has 3 aliphatic heterocycles. The van der Waals surface area contributed by atoms with Crippen LogP contribution < -0.4 is 20.4 Å². The number of ether oxygens (including phenoxy) is 1. The van der Waals surface area contributed by atoms with Gasteiger partial charge in [0.1, 0.15) is 34.7 Å². The van der Waals surface area contributed by atoms with E-state index in [4.69, 9.17) is 19.8 Å². The summed E-state index contributed by atoms with van der Waals surface area (Å²) in [5.74, 6) is -1.38. The number of carbonyl (C=O) groups is 2. The maximum atomic E-state index is 15.4. The number of aromatic nitrogens is 7. The summed E-state index contributed by atoms with van der Waals surface area (Å²) in [5.41, 5.74) is 4.96. The number of nitriles is 1. The highest BCUT2D eigenvalue weighted by atomic mass is 19.1. The van der Waals surface area contributed by atoms with Crippen molar-refractivity contribution >= 4 is 34.5 Å². The maximum Gasteiger partial charge on any atom is 0.249 e. The molecule has 1 aliphatic carbocycles. The summed E-state index contributed by atoms with van der Waals surface area (Å²) in [6.45, 7) is 4.40. The number of carbonyl (C=O) groups excluding carboxylic acids is 2. The lowest BCUT2D eigenvalue weighted by Gasteiger charge is -2.42. The van der Waals surface area contributed by atoms with Crippen molar-refractivity contribution in [3.63, 3.8) is 0 Å². The molecule has 6 aromatic rings. The molecule has 1 saturated carbocycles. The fraction of sp³-hybridized carbons (Fsp3) is 0.391. The Labute approximate surface area is 367 Å². The number of halogens is 2. The van der Waals surface area contributed by atoms with Crippen molar-refractivity contribution < 1.29 is 23.1 Å². The molecular formula is C46H47F2N13O3. The molecule has 2 N–H and O–H groups in total. The number of fused-ring (bicyclic) bond motifs is 1. The van der Waals surface area contributed by atoms with Gasteiger partial charge in [0.05, 0.1) is 54.4 Å². The zero-order chi connectivity index (χ0) is 43.7. The zero-order valence-electron chi connectivity index (χ0n) is 35.1. The number of nitrogens with zero attached hydrogens (tertiary/aromatic N) is 11. The summed E-state index contributed by atoms with van der Waals surface area (Å²) < 4.78 is 40.6. The van der Waals surface area contributed by atoms with E-state index in [2.05, 4.69) is 36.6 Å². The summed E-state index contributed by atoms with van der Waals surface area (Å²) in [7, 11) is 0. The van der Waals surface area contributed by atoms with Crippen LogP contribution in [0.2, 0.25) is 0 Å². The van der Waals surface area contributed by atoms with Gasteiger partial charge in [-0.1, -0.05) is 6.07 Å². The summed E-state index contributed by atoms with van der Waals surface area (Å²) >= 11 is 0. The van der Waals surface area contributed by atoms with Crippen LogP contribution in [0.25, 0.3) is 28.0 Å². The van der Waals surface area contributed by atoms with Gasteiger partial charge in [-0.15, -0.1) is 0 Å². The Morgan fingerprint density at radius 3 is 2.39 bits per heavy atom. The molecule has 0 radical (unpaired) electrons. The number of benzene rings is 1. The first-order valence-corrected chi connectivity index (χ1v) is 21.9. The van der Waals surface area contributed by atoms with E-state index in [0.29, 0.717) is 61.3 Å². The van der Waals surface area contributed by atoms with Crippen molar-refractivity contribution in [2.75, 3.05) is 54.4 Å². The van der Waals surface area contributed by atoms with E-state index in [9.17, 15) is 14.9 Å². The van der Waals surface area contributed by atoms with E-state index in [1.807, 2.05) is 53.6 Å². The van der Waals surface area contributed by atoms with E-state index >= 15 is 8.78 Å². The molecule has 3 saturated heterocycles. The number of imide groups is 1. The lowest BCUT2D eigenvalue weighted by atomic mass is 9.90. The second-order valence-electron chi connectivity index (χ2n) is 17.0. The van der Waals surface area contributed by atoms with Gasteiger partial charge >= 0.3 is 0 Å². The van der Waals surface area contributed by atoms with Crippen molar-refractivity contribution in [1.82, 2.24) is 44.6 Å². The molecule has 1 aromatic carbocycles. The van der Waals surface area contributed by atoms with Crippen molar-refractivity contribution in [3.8, 4) is 28.6 Å². The van der Waals surface area contributed by atoms with Crippen LogP contribution in [0.1, 0.15) is 62.2 Å². The number of piperazine rings is 1. The number of nitrogens with one attached hydrogen (secondary N) is 2. The highest BCUT2D eigenvalue weighted by molar-refractivity contribution is 6.01. The van der Waals surface area contributed by atoms with Gasteiger partial charge in [-0.05, 0) is 74.9 Å². The lowest BCUT2D eigenvalue weighted by molar-refractivity contribution is -0.133. The Morgan fingerprint density at radius 2 is 1.66 bits per heavy atom. The second-order valence-corrected chi connectivity index (χ2v) is 17.0. The third-order valence-electron chi connectivity index (χ3n) is 13.0. The molecular weight excluding hydrogens is 821 g/mol. The molecule has 5 aromatic heterocycles. The Morgan fingerprint density at radius 1 is 0.844 bits per heavy atom. The maximum absolute atomic E-state index is 15.4. The number of hydrogen-bond acceptors (Lipinski definition) is 13. The molecule has 2 atom stereocenters. The van der Waals surface area contributed by atoms with Gasteiger partial charge in [-0.25, -0.2) is 23.3 Å². The van der Waals surface area contributed by atoms with E-state index < -0.39 is 23.6 Å². The smallest absolute Gasteiger partial charge is 0.249 e. The molecule has 18 heteroatoms. The summed E-state index contributed by atoms with van der Waals surface area (Å²) in [6, 6.07) is 14.3. The van der Waals surface area contributed by atoms with E-state index in [1.54, 1.807) is 28.0 Å². The van der Waals surface area contributed by atoms with E-state index in [0.717, 1.165) is 67.8 Å². The molecule has 64 heavy (non-hydrogen) atoms. The van der Waals surface area contributed by atoms with Crippen LogP contribution in [0.15, 0.2) is 79.6 Å². The molecule has 8 heterocycles. The van der Waals surface area contributed by atoms with Gasteiger partial charge in [0, 0.05) is 87.1 Å². The van der Waals surface area contributed by atoms with E-state index in [-0.39, 0.29) is 42.3 Å². The van der Waals surface area contributed by atoms with Gasteiger partial charge in [0.15, 0.2) is 11.6 Å². The minimum atomic E-state index is -0.730. The second kappa shape index (κ2) is 17.7. The normalized spacial score (nSPS) is 21.9. The van der Waals surface area contributed by atoms with Crippen molar-refractivity contribution in [2.24, 2.45) is 0 Å². The van der Waals surface area contributed by atoms with Gasteiger partial charge in [0.2, 0.25) is 11.8 Å². The minimum Gasteiger partial charge on any atom is -0.373 e. The topological polar surface area (TPSA) is 175 Å². The van der Waals surface area contributed by atoms with Crippen LogP contribution in [-0.2, 0) is 20.9 Å². The third kappa shape index (κ3) is 8.48. The van der Waals surface area contributed by atoms with Crippen molar-refractivity contribution in [2.45, 2.75) is 75.8 Å². The fourth-order valence-corrected chi connectivity index (χ4v) is 9.56. The highest BCUT2D eigenvalue weighted by Gasteiger charge is 2.32. The summed E-state index contributed by atoms with van der Waals surface area (Å²) in [5, 5.41) is 24.4. The van der Waals surface area contributed by atoms with E-state index in [1.165, 1.54) is 12.1 Å². The number of rotatable bonds is 11. The molecule has 0 spiro atoms. The fourth-order valence-electron chi connectivity index (χ4n) is 9.56. The first kappa shape index (κ1) is 41.2. The monoisotopic (exact) mass is 867 g/mol. The molecule has 4 aliphatic rings. The van der Waals surface area contributed by atoms with Gasteiger partial charge in [-0.2, -0.15) is 15.5 Å². The molecule has 4 fully saturated rings. The van der Waals surface area contributed by atoms with Crippen LogP contribution in [0, 0.1) is 23.0 Å². The Bertz CT molecular complexity index is 2680. The van der Waals surface area contributed by atoms with Crippen LogP contribution >= 0.6 is 0 Å². The van der Waals surface area contributed by atoms with Crippen LogP contribution in [0.5, 0.6) is 0 Å². The zero-order valence-corrected chi connectivity index (χ0v) is 35.1. The number of piperidine rings is 1. The Hall–Kier alpha value is -6.84. The minimum absolute atomic E-state index is 0.0598. The Balaban J connectivity index is 0.758. The first-order valence-electron chi connectivity index (χ1n) is 21.9. The number of anilines is 3.